The Balaban J connectivity index is 3.50. The Labute approximate surface area is 85.1 Å². The summed E-state index contributed by atoms with van der Waals surface area (Å²) in [6.07, 6.45) is 0. The number of hydrogen-bond donors (Lipinski definition) is 0. The maximum Gasteiger partial charge on any atom is 0.162 e. The second kappa shape index (κ2) is 3.58. The SMILES string of the molecule is CC(=O)c1cc(Br)c(C)c(C)c1F. The maximum atomic E-state index is 13.5. The van der Waals surface area contributed by atoms with Crippen LogP contribution in [-0.2, 0) is 0 Å². The zero-order valence-corrected chi connectivity index (χ0v) is 9.33. The third-order valence-corrected chi connectivity index (χ3v) is 2.96. The number of carbonyl (C=O) groups excluding carboxylic acids is 1. The van der Waals surface area contributed by atoms with Crippen molar-refractivity contribution >= 4 is 21.7 Å². The smallest absolute Gasteiger partial charge is 0.162 e. The molecular formula is C10H10BrFO. The molecule has 3 heteroatoms. The van der Waals surface area contributed by atoms with E-state index in [4.69, 9.17) is 0 Å². The van der Waals surface area contributed by atoms with Gasteiger partial charge in [-0.15, -0.1) is 0 Å². The van der Waals surface area contributed by atoms with Gasteiger partial charge in [0.25, 0.3) is 0 Å². The Kier molecular flexibility index (Phi) is 2.86. The molecule has 0 spiro atoms. The molecule has 1 aromatic rings. The second-order valence-corrected chi connectivity index (χ2v) is 3.88. The number of halogens is 2. The molecule has 0 saturated carbocycles. The van der Waals surface area contributed by atoms with Crippen LogP contribution < -0.4 is 0 Å². The first-order valence-corrected chi connectivity index (χ1v) is 4.70. The van der Waals surface area contributed by atoms with Crippen LogP contribution in [-0.4, -0.2) is 5.78 Å². The molecular weight excluding hydrogens is 235 g/mol. The summed E-state index contributed by atoms with van der Waals surface area (Å²) in [6.45, 7) is 4.84. The highest BCUT2D eigenvalue weighted by molar-refractivity contribution is 9.10. The molecule has 0 amide bonds. The van der Waals surface area contributed by atoms with E-state index in [-0.39, 0.29) is 11.3 Å². The van der Waals surface area contributed by atoms with Gasteiger partial charge in [-0.1, -0.05) is 15.9 Å². The van der Waals surface area contributed by atoms with E-state index in [1.54, 1.807) is 6.92 Å². The maximum absolute atomic E-state index is 13.5. The zero-order valence-electron chi connectivity index (χ0n) is 7.74. The van der Waals surface area contributed by atoms with E-state index in [9.17, 15) is 9.18 Å². The minimum Gasteiger partial charge on any atom is -0.294 e. The van der Waals surface area contributed by atoms with Crippen molar-refractivity contribution in [2.75, 3.05) is 0 Å². The van der Waals surface area contributed by atoms with Gasteiger partial charge in [0.05, 0.1) is 5.56 Å². The van der Waals surface area contributed by atoms with Crippen molar-refractivity contribution in [1.29, 1.82) is 0 Å². The van der Waals surface area contributed by atoms with Crippen molar-refractivity contribution < 1.29 is 9.18 Å². The van der Waals surface area contributed by atoms with Crippen molar-refractivity contribution in [3.05, 3.63) is 33.0 Å². The average molecular weight is 245 g/mol. The first kappa shape index (κ1) is 10.4. The summed E-state index contributed by atoms with van der Waals surface area (Å²) in [5.41, 5.74) is 1.51. The van der Waals surface area contributed by atoms with Gasteiger partial charge in [0.2, 0.25) is 0 Å². The fourth-order valence-corrected chi connectivity index (χ4v) is 1.63. The number of Topliss-reactive ketones (excluding diaryl/α,β-unsaturated/α-hetero) is 1. The zero-order chi connectivity index (χ0) is 10.2. The molecule has 1 rings (SSSR count). The predicted molar refractivity (Wildman–Crippen MR) is 53.6 cm³/mol. The normalized spacial score (nSPS) is 10.2. The lowest BCUT2D eigenvalue weighted by Gasteiger charge is -2.07. The van der Waals surface area contributed by atoms with E-state index in [1.165, 1.54) is 13.0 Å². The van der Waals surface area contributed by atoms with Crippen molar-refractivity contribution in [2.45, 2.75) is 20.8 Å². The van der Waals surface area contributed by atoms with Crippen molar-refractivity contribution in [1.82, 2.24) is 0 Å². The molecule has 0 aliphatic heterocycles. The molecule has 1 nitrogen and oxygen atoms in total. The van der Waals surface area contributed by atoms with Crippen LogP contribution in [0.25, 0.3) is 0 Å². The molecule has 0 bridgehead atoms. The Morgan fingerprint density at radius 3 is 2.38 bits per heavy atom. The Bertz CT molecular complexity index is 372. The van der Waals surface area contributed by atoms with Gasteiger partial charge in [0.1, 0.15) is 5.82 Å². The summed E-state index contributed by atoms with van der Waals surface area (Å²) < 4.78 is 14.2. The fraction of sp³-hybridized carbons (Fsp3) is 0.300. The summed E-state index contributed by atoms with van der Waals surface area (Å²) >= 11 is 3.28. The van der Waals surface area contributed by atoms with E-state index in [0.717, 1.165) is 10.0 Å². The monoisotopic (exact) mass is 244 g/mol. The number of ketones is 1. The molecule has 1 aromatic carbocycles. The third kappa shape index (κ3) is 1.80. The van der Waals surface area contributed by atoms with E-state index in [1.807, 2.05) is 6.92 Å². The molecule has 0 atom stereocenters. The van der Waals surface area contributed by atoms with Crippen LogP contribution in [0.15, 0.2) is 10.5 Å². The Hall–Kier alpha value is -0.700. The van der Waals surface area contributed by atoms with Crippen LogP contribution in [0.2, 0.25) is 0 Å². The van der Waals surface area contributed by atoms with Crippen LogP contribution in [0.1, 0.15) is 28.4 Å². The van der Waals surface area contributed by atoms with Gasteiger partial charge in [-0.25, -0.2) is 4.39 Å². The van der Waals surface area contributed by atoms with E-state index >= 15 is 0 Å². The van der Waals surface area contributed by atoms with Crippen molar-refractivity contribution in [3.63, 3.8) is 0 Å². The molecule has 13 heavy (non-hydrogen) atoms. The molecule has 0 radical (unpaired) electrons. The summed E-state index contributed by atoms with van der Waals surface area (Å²) in [5, 5.41) is 0. The molecule has 0 N–H and O–H groups in total. The van der Waals surface area contributed by atoms with Gasteiger partial charge in [-0.3, -0.25) is 4.79 Å². The highest BCUT2D eigenvalue weighted by Crippen LogP contribution is 2.25. The standard InChI is InChI=1S/C10H10BrFO/c1-5-6(2)10(12)8(7(3)13)4-9(5)11/h4H,1-3H3. The molecule has 0 aliphatic carbocycles. The molecule has 0 unspecified atom stereocenters. The first-order chi connectivity index (χ1) is 5.95. The number of carbonyl (C=O) groups is 1. The molecule has 0 fully saturated rings. The molecule has 0 heterocycles. The molecule has 0 aromatic heterocycles. The topological polar surface area (TPSA) is 17.1 Å². The van der Waals surface area contributed by atoms with Crippen LogP contribution in [0.4, 0.5) is 4.39 Å². The van der Waals surface area contributed by atoms with Crippen molar-refractivity contribution in [2.24, 2.45) is 0 Å². The quantitative estimate of drug-likeness (QED) is 0.693. The van der Waals surface area contributed by atoms with E-state index < -0.39 is 5.82 Å². The van der Waals surface area contributed by atoms with Crippen LogP contribution in [0, 0.1) is 19.7 Å². The van der Waals surface area contributed by atoms with Crippen LogP contribution in [0.3, 0.4) is 0 Å². The number of benzene rings is 1. The summed E-state index contributed by atoms with van der Waals surface area (Å²) in [4.78, 5) is 11.0. The lowest BCUT2D eigenvalue weighted by Crippen LogP contribution is -2.01. The average Bonchev–Trinajstić information content (AvgIpc) is 2.07. The van der Waals surface area contributed by atoms with Gasteiger partial charge >= 0.3 is 0 Å². The molecule has 0 saturated heterocycles. The van der Waals surface area contributed by atoms with Gasteiger partial charge in [-0.2, -0.15) is 0 Å². The van der Waals surface area contributed by atoms with E-state index in [0.29, 0.717) is 5.56 Å². The highest BCUT2D eigenvalue weighted by Gasteiger charge is 2.13. The van der Waals surface area contributed by atoms with Gasteiger partial charge < -0.3 is 0 Å². The third-order valence-electron chi connectivity index (χ3n) is 2.14. The van der Waals surface area contributed by atoms with Crippen LogP contribution in [0.5, 0.6) is 0 Å². The predicted octanol–water partition coefficient (Wildman–Crippen LogP) is 3.41. The second-order valence-electron chi connectivity index (χ2n) is 3.03. The summed E-state index contributed by atoms with van der Waals surface area (Å²) in [7, 11) is 0. The van der Waals surface area contributed by atoms with Crippen molar-refractivity contribution in [3.8, 4) is 0 Å². The molecule has 70 valence electrons. The fourth-order valence-electron chi connectivity index (χ4n) is 1.10. The van der Waals surface area contributed by atoms with Gasteiger partial charge in [0.15, 0.2) is 5.78 Å². The lowest BCUT2D eigenvalue weighted by molar-refractivity contribution is 0.101. The number of hydrogen-bond acceptors (Lipinski definition) is 1. The molecule has 0 aliphatic rings. The minimum absolute atomic E-state index is 0.148. The Morgan fingerprint density at radius 2 is 1.92 bits per heavy atom. The Morgan fingerprint density at radius 1 is 1.38 bits per heavy atom. The lowest BCUT2D eigenvalue weighted by atomic mass is 10.0. The highest BCUT2D eigenvalue weighted by atomic mass is 79.9. The summed E-state index contributed by atoms with van der Waals surface area (Å²) in [6, 6.07) is 1.53. The van der Waals surface area contributed by atoms with Gasteiger partial charge in [0, 0.05) is 4.47 Å². The first-order valence-electron chi connectivity index (χ1n) is 3.91. The number of rotatable bonds is 1. The van der Waals surface area contributed by atoms with Crippen LogP contribution >= 0.6 is 15.9 Å². The van der Waals surface area contributed by atoms with E-state index in [2.05, 4.69) is 15.9 Å². The largest absolute Gasteiger partial charge is 0.294 e. The summed E-state index contributed by atoms with van der Waals surface area (Å²) in [5.74, 6) is -0.658. The van der Waals surface area contributed by atoms with Gasteiger partial charge in [-0.05, 0) is 38.0 Å². The minimum atomic E-state index is -0.409.